The molecule has 0 aromatic carbocycles. The first-order valence-electron chi connectivity index (χ1n) is 7.25. The number of hydrogen-bond acceptors (Lipinski definition) is 4. The van der Waals surface area contributed by atoms with Gasteiger partial charge in [-0.25, -0.2) is 4.98 Å². The van der Waals surface area contributed by atoms with E-state index >= 15 is 0 Å². The summed E-state index contributed by atoms with van der Waals surface area (Å²) < 4.78 is 5.99. The van der Waals surface area contributed by atoms with Crippen LogP contribution in [0.2, 0.25) is 0 Å². The molecule has 1 unspecified atom stereocenters. The van der Waals surface area contributed by atoms with Crippen molar-refractivity contribution in [2.45, 2.75) is 51.2 Å². The van der Waals surface area contributed by atoms with Crippen molar-refractivity contribution in [2.75, 3.05) is 11.9 Å². The molecule has 0 bridgehead atoms. The van der Waals surface area contributed by atoms with Gasteiger partial charge in [-0.15, -0.1) is 0 Å². The second-order valence-corrected chi connectivity index (χ2v) is 5.81. The SMILES string of the molecule is CCC1(CC)CC(Nc2ccc(C(N)=S)cn2)CCO1. The third-order valence-corrected chi connectivity index (χ3v) is 4.42. The van der Waals surface area contributed by atoms with Crippen LogP contribution >= 0.6 is 12.2 Å². The van der Waals surface area contributed by atoms with Crippen molar-refractivity contribution in [1.82, 2.24) is 4.98 Å². The van der Waals surface area contributed by atoms with Gasteiger partial charge in [0, 0.05) is 24.4 Å². The Morgan fingerprint density at radius 1 is 1.50 bits per heavy atom. The lowest BCUT2D eigenvalue weighted by atomic mass is 9.86. The summed E-state index contributed by atoms with van der Waals surface area (Å²) in [4.78, 5) is 4.75. The van der Waals surface area contributed by atoms with E-state index in [9.17, 15) is 0 Å². The number of aromatic nitrogens is 1. The number of hydrogen-bond donors (Lipinski definition) is 2. The predicted molar refractivity (Wildman–Crippen MR) is 86.0 cm³/mol. The number of rotatable bonds is 5. The van der Waals surface area contributed by atoms with E-state index in [-0.39, 0.29) is 5.60 Å². The summed E-state index contributed by atoms with van der Waals surface area (Å²) in [5, 5.41) is 3.50. The fourth-order valence-electron chi connectivity index (χ4n) is 2.73. The highest BCUT2D eigenvalue weighted by atomic mass is 32.1. The van der Waals surface area contributed by atoms with Crippen molar-refractivity contribution in [3.05, 3.63) is 23.9 Å². The van der Waals surface area contributed by atoms with Gasteiger partial charge >= 0.3 is 0 Å². The molecule has 0 spiro atoms. The van der Waals surface area contributed by atoms with Gasteiger partial charge in [-0.1, -0.05) is 26.1 Å². The van der Waals surface area contributed by atoms with Crippen molar-refractivity contribution >= 4 is 23.0 Å². The molecule has 1 aromatic rings. The number of nitrogens with zero attached hydrogens (tertiary/aromatic N) is 1. The van der Waals surface area contributed by atoms with Crippen LogP contribution in [0.1, 0.15) is 45.1 Å². The molecule has 0 amide bonds. The van der Waals surface area contributed by atoms with Gasteiger partial charge in [0.05, 0.1) is 5.60 Å². The molecule has 3 N–H and O–H groups in total. The number of ether oxygens (including phenoxy) is 1. The zero-order valence-electron chi connectivity index (χ0n) is 12.2. The molecule has 0 aliphatic carbocycles. The predicted octanol–water partition coefficient (Wildman–Crippen LogP) is 2.87. The van der Waals surface area contributed by atoms with Crippen LogP contribution in [0.3, 0.4) is 0 Å². The van der Waals surface area contributed by atoms with E-state index in [2.05, 4.69) is 24.1 Å². The van der Waals surface area contributed by atoms with Crippen molar-refractivity contribution in [1.29, 1.82) is 0 Å². The van der Waals surface area contributed by atoms with E-state index in [0.717, 1.165) is 43.7 Å². The Morgan fingerprint density at radius 2 is 2.25 bits per heavy atom. The Balaban J connectivity index is 2.00. The molecule has 1 aromatic heterocycles. The van der Waals surface area contributed by atoms with Gasteiger partial charge in [0.2, 0.25) is 0 Å². The molecule has 1 saturated heterocycles. The zero-order chi connectivity index (χ0) is 14.6. The first-order chi connectivity index (χ1) is 9.58. The average Bonchev–Trinajstić information content (AvgIpc) is 2.48. The number of anilines is 1. The molecule has 1 aliphatic heterocycles. The first kappa shape index (κ1) is 15.2. The van der Waals surface area contributed by atoms with Crippen LogP contribution in [0.5, 0.6) is 0 Å². The number of nitrogens with two attached hydrogens (primary N) is 1. The first-order valence-corrected chi connectivity index (χ1v) is 7.66. The summed E-state index contributed by atoms with van der Waals surface area (Å²) in [5.41, 5.74) is 6.40. The quantitative estimate of drug-likeness (QED) is 0.818. The van der Waals surface area contributed by atoms with Gasteiger partial charge in [-0.2, -0.15) is 0 Å². The van der Waals surface area contributed by atoms with E-state index in [4.69, 9.17) is 22.7 Å². The van der Waals surface area contributed by atoms with Crippen molar-refractivity contribution < 1.29 is 4.74 Å². The largest absolute Gasteiger partial charge is 0.389 e. The Morgan fingerprint density at radius 3 is 2.80 bits per heavy atom. The van der Waals surface area contributed by atoms with Crippen molar-refractivity contribution in [3.8, 4) is 0 Å². The lowest BCUT2D eigenvalue weighted by Gasteiger charge is -2.40. The number of pyridine rings is 1. The van der Waals surface area contributed by atoms with Crippen molar-refractivity contribution in [3.63, 3.8) is 0 Å². The maximum absolute atomic E-state index is 5.99. The molecule has 1 fully saturated rings. The van der Waals surface area contributed by atoms with E-state index < -0.39 is 0 Å². The maximum Gasteiger partial charge on any atom is 0.126 e. The Bertz CT molecular complexity index is 457. The highest BCUT2D eigenvalue weighted by Crippen LogP contribution is 2.32. The molecule has 2 heterocycles. The molecule has 5 heteroatoms. The minimum Gasteiger partial charge on any atom is -0.389 e. The Kier molecular flexibility index (Phi) is 4.94. The summed E-state index contributed by atoms with van der Waals surface area (Å²) >= 11 is 4.93. The Hall–Kier alpha value is -1.20. The zero-order valence-corrected chi connectivity index (χ0v) is 13.0. The highest BCUT2D eigenvalue weighted by molar-refractivity contribution is 7.80. The minimum atomic E-state index is 0.0225. The molecular weight excluding hydrogens is 270 g/mol. The van der Waals surface area contributed by atoms with Crippen molar-refractivity contribution in [2.24, 2.45) is 5.73 Å². The Labute approximate surface area is 126 Å². The lowest BCUT2D eigenvalue weighted by molar-refractivity contribution is -0.0864. The lowest BCUT2D eigenvalue weighted by Crippen LogP contribution is -2.43. The average molecular weight is 293 g/mol. The molecular formula is C15H23N3OS. The fourth-order valence-corrected chi connectivity index (χ4v) is 2.85. The van der Waals surface area contributed by atoms with Crippen LogP contribution in [-0.2, 0) is 4.74 Å². The highest BCUT2D eigenvalue weighted by Gasteiger charge is 2.34. The standard InChI is InChI=1S/C15H23N3OS/c1-3-15(4-2)9-12(7-8-19-15)18-13-6-5-11(10-17-13)14(16)20/h5-6,10,12H,3-4,7-9H2,1-2H3,(H2,16,20)(H,17,18). The summed E-state index contributed by atoms with van der Waals surface area (Å²) in [6.07, 6.45) is 5.86. The normalized spacial score (nSPS) is 21.4. The van der Waals surface area contributed by atoms with E-state index in [1.807, 2.05) is 12.1 Å². The maximum atomic E-state index is 5.99. The van der Waals surface area contributed by atoms with Crippen LogP contribution in [-0.4, -0.2) is 28.2 Å². The number of nitrogens with one attached hydrogen (secondary N) is 1. The van der Waals surface area contributed by atoms with Crippen LogP contribution in [0.4, 0.5) is 5.82 Å². The summed E-state index contributed by atoms with van der Waals surface area (Å²) in [5.74, 6) is 0.873. The van der Waals surface area contributed by atoms with E-state index in [1.54, 1.807) is 6.20 Å². The molecule has 0 saturated carbocycles. The molecule has 2 rings (SSSR count). The van der Waals surface area contributed by atoms with Crippen LogP contribution in [0.15, 0.2) is 18.3 Å². The molecule has 1 aliphatic rings. The monoisotopic (exact) mass is 293 g/mol. The summed E-state index contributed by atoms with van der Waals surface area (Å²) in [7, 11) is 0. The molecule has 20 heavy (non-hydrogen) atoms. The van der Waals surface area contributed by atoms with Gasteiger partial charge in [-0.05, 0) is 37.8 Å². The van der Waals surface area contributed by atoms with Crippen LogP contribution in [0.25, 0.3) is 0 Å². The third kappa shape index (κ3) is 3.46. The second kappa shape index (κ2) is 6.50. The molecule has 1 atom stereocenters. The van der Waals surface area contributed by atoms with Gasteiger partial charge in [0.1, 0.15) is 10.8 Å². The topological polar surface area (TPSA) is 60.2 Å². The minimum absolute atomic E-state index is 0.0225. The smallest absolute Gasteiger partial charge is 0.126 e. The second-order valence-electron chi connectivity index (χ2n) is 5.37. The van der Waals surface area contributed by atoms with Gasteiger partial charge in [-0.3, -0.25) is 0 Å². The van der Waals surface area contributed by atoms with Gasteiger partial charge < -0.3 is 15.8 Å². The third-order valence-electron chi connectivity index (χ3n) is 4.18. The van der Waals surface area contributed by atoms with E-state index in [1.165, 1.54) is 0 Å². The van der Waals surface area contributed by atoms with Crippen LogP contribution in [0, 0.1) is 0 Å². The van der Waals surface area contributed by atoms with E-state index in [0.29, 0.717) is 11.0 Å². The van der Waals surface area contributed by atoms with Gasteiger partial charge in [0.15, 0.2) is 0 Å². The summed E-state index contributed by atoms with van der Waals surface area (Å²) in [6.45, 7) is 5.20. The number of thiocarbonyl (C=S) groups is 1. The molecule has 110 valence electrons. The van der Waals surface area contributed by atoms with Crippen LogP contribution < -0.4 is 11.1 Å². The molecule has 0 radical (unpaired) electrons. The fraction of sp³-hybridized carbons (Fsp3) is 0.600. The van der Waals surface area contributed by atoms with Gasteiger partial charge in [0.25, 0.3) is 0 Å². The molecule has 4 nitrogen and oxygen atoms in total. The summed E-state index contributed by atoms with van der Waals surface area (Å²) in [6, 6.07) is 4.25.